The highest BCUT2D eigenvalue weighted by molar-refractivity contribution is 6.07. The summed E-state index contributed by atoms with van der Waals surface area (Å²) in [5.74, 6) is 0.150. The predicted molar refractivity (Wildman–Crippen MR) is 70.6 cm³/mol. The van der Waals surface area contributed by atoms with E-state index in [0.29, 0.717) is 13.0 Å². The molecule has 1 fully saturated rings. The molecule has 3 N–H and O–H groups in total. The van der Waals surface area contributed by atoms with Crippen LogP contribution in [0.4, 0.5) is 5.69 Å². The van der Waals surface area contributed by atoms with E-state index in [9.17, 15) is 9.90 Å². The number of anilines is 1. The van der Waals surface area contributed by atoms with Crippen molar-refractivity contribution in [3.05, 3.63) is 36.4 Å². The second-order valence-corrected chi connectivity index (χ2v) is 4.57. The van der Waals surface area contributed by atoms with Gasteiger partial charge in [-0.1, -0.05) is 18.2 Å². The third-order valence-corrected chi connectivity index (χ3v) is 3.38. The van der Waals surface area contributed by atoms with Crippen molar-refractivity contribution in [2.45, 2.75) is 12.5 Å². The number of fused-ring (bicyclic) bond motifs is 1. The van der Waals surface area contributed by atoms with Gasteiger partial charge in [0.15, 0.2) is 0 Å². The first kappa shape index (κ1) is 11.0. The van der Waals surface area contributed by atoms with Crippen molar-refractivity contribution in [3.8, 4) is 5.75 Å². The van der Waals surface area contributed by atoms with Gasteiger partial charge < -0.3 is 15.7 Å². The number of hydrogen-bond donors (Lipinski definition) is 2. The van der Waals surface area contributed by atoms with Crippen molar-refractivity contribution in [2.24, 2.45) is 5.73 Å². The van der Waals surface area contributed by atoms with E-state index in [0.717, 1.165) is 16.5 Å². The number of carbonyl (C=O) groups is 1. The van der Waals surface area contributed by atoms with Gasteiger partial charge in [0.2, 0.25) is 5.91 Å². The van der Waals surface area contributed by atoms with E-state index >= 15 is 0 Å². The molecule has 4 nitrogen and oxygen atoms in total. The van der Waals surface area contributed by atoms with Crippen LogP contribution >= 0.6 is 0 Å². The minimum atomic E-state index is -0.405. The van der Waals surface area contributed by atoms with Crippen molar-refractivity contribution in [3.63, 3.8) is 0 Å². The Hall–Kier alpha value is -2.07. The average molecular weight is 242 g/mol. The molecule has 0 aliphatic carbocycles. The Bertz CT molecular complexity index is 624. The maximum Gasteiger partial charge on any atom is 0.243 e. The van der Waals surface area contributed by atoms with E-state index in [2.05, 4.69) is 0 Å². The molecule has 92 valence electrons. The fourth-order valence-corrected chi connectivity index (χ4v) is 2.42. The lowest BCUT2D eigenvalue weighted by molar-refractivity contribution is -0.118. The van der Waals surface area contributed by atoms with Crippen molar-refractivity contribution in [1.29, 1.82) is 0 Å². The van der Waals surface area contributed by atoms with Gasteiger partial charge in [0.25, 0.3) is 0 Å². The van der Waals surface area contributed by atoms with E-state index < -0.39 is 6.04 Å². The number of nitrogens with two attached hydrogens (primary N) is 1. The Balaban J connectivity index is 2.17. The van der Waals surface area contributed by atoms with Crippen LogP contribution in [0.1, 0.15) is 6.42 Å². The Morgan fingerprint density at radius 1 is 1.28 bits per heavy atom. The molecule has 1 amide bonds. The van der Waals surface area contributed by atoms with Gasteiger partial charge in [0.05, 0.1) is 11.7 Å². The number of phenols is 1. The first-order chi connectivity index (χ1) is 8.66. The fraction of sp³-hybridized carbons (Fsp3) is 0.214. The normalized spacial score (nSPS) is 19.7. The molecule has 0 aromatic heterocycles. The molecule has 0 spiro atoms. The van der Waals surface area contributed by atoms with E-state index in [1.165, 1.54) is 0 Å². The Morgan fingerprint density at radius 3 is 2.83 bits per heavy atom. The number of aromatic hydroxyl groups is 1. The largest absolute Gasteiger partial charge is 0.508 e. The molecule has 0 bridgehead atoms. The molecular weight excluding hydrogens is 228 g/mol. The number of rotatable bonds is 1. The molecule has 1 heterocycles. The summed E-state index contributed by atoms with van der Waals surface area (Å²) < 4.78 is 0. The lowest BCUT2D eigenvalue weighted by atomic mass is 10.1. The zero-order valence-electron chi connectivity index (χ0n) is 9.84. The summed E-state index contributed by atoms with van der Waals surface area (Å²) in [6.07, 6.45) is 0.675. The molecular formula is C14H14N2O2. The van der Waals surface area contributed by atoms with Crippen LogP contribution in [0.5, 0.6) is 5.75 Å². The molecule has 2 aromatic carbocycles. The second-order valence-electron chi connectivity index (χ2n) is 4.57. The average Bonchev–Trinajstić information content (AvgIpc) is 2.69. The Kier molecular flexibility index (Phi) is 2.45. The van der Waals surface area contributed by atoms with Gasteiger partial charge in [-0.25, -0.2) is 0 Å². The maximum atomic E-state index is 12.0. The van der Waals surface area contributed by atoms with Crippen LogP contribution in [-0.4, -0.2) is 23.6 Å². The van der Waals surface area contributed by atoms with Gasteiger partial charge >= 0.3 is 0 Å². The molecule has 1 aliphatic rings. The second kappa shape index (κ2) is 3.99. The smallest absolute Gasteiger partial charge is 0.243 e. The maximum absolute atomic E-state index is 12.0. The molecule has 0 unspecified atom stereocenters. The number of amides is 1. The molecule has 1 saturated heterocycles. The van der Waals surface area contributed by atoms with Crippen LogP contribution in [0.25, 0.3) is 10.8 Å². The SMILES string of the molecule is N[C@@H]1CCN(c2cccc3ccc(O)cc23)C1=O. The highest BCUT2D eigenvalue weighted by Gasteiger charge is 2.30. The van der Waals surface area contributed by atoms with Gasteiger partial charge in [-0.15, -0.1) is 0 Å². The predicted octanol–water partition coefficient (Wildman–Crippen LogP) is 1.61. The van der Waals surface area contributed by atoms with E-state index in [-0.39, 0.29) is 11.7 Å². The summed E-state index contributed by atoms with van der Waals surface area (Å²) in [6.45, 7) is 0.634. The summed E-state index contributed by atoms with van der Waals surface area (Å²) >= 11 is 0. The number of benzene rings is 2. The lowest BCUT2D eigenvalue weighted by Gasteiger charge is -2.18. The summed E-state index contributed by atoms with van der Waals surface area (Å²) in [6, 6.07) is 10.5. The van der Waals surface area contributed by atoms with Crippen molar-refractivity contribution in [1.82, 2.24) is 0 Å². The minimum Gasteiger partial charge on any atom is -0.508 e. The quantitative estimate of drug-likeness (QED) is 0.798. The molecule has 1 aliphatic heterocycles. The fourth-order valence-electron chi connectivity index (χ4n) is 2.42. The minimum absolute atomic E-state index is 0.0501. The monoisotopic (exact) mass is 242 g/mol. The summed E-state index contributed by atoms with van der Waals surface area (Å²) in [4.78, 5) is 13.7. The van der Waals surface area contributed by atoms with Gasteiger partial charge in [-0.2, -0.15) is 0 Å². The standard InChI is InChI=1S/C14H14N2O2/c15-12-6-7-16(14(12)18)13-3-1-2-9-4-5-10(17)8-11(9)13/h1-5,8,12,17H,6-7,15H2/t12-/m1/s1. The molecule has 3 rings (SSSR count). The van der Waals surface area contributed by atoms with E-state index in [4.69, 9.17) is 5.73 Å². The number of hydrogen-bond acceptors (Lipinski definition) is 3. The lowest BCUT2D eigenvalue weighted by Crippen LogP contribution is -2.34. The van der Waals surface area contributed by atoms with Crippen LogP contribution in [0, 0.1) is 0 Å². The topological polar surface area (TPSA) is 66.6 Å². The highest BCUT2D eigenvalue weighted by Crippen LogP contribution is 2.31. The van der Waals surface area contributed by atoms with Gasteiger partial charge in [0.1, 0.15) is 5.75 Å². The van der Waals surface area contributed by atoms with Crippen molar-refractivity contribution < 1.29 is 9.90 Å². The third kappa shape index (κ3) is 1.62. The van der Waals surface area contributed by atoms with Gasteiger partial charge in [-0.05, 0) is 30.0 Å². The van der Waals surface area contributed by atoms with E-state index in [1.54, 1.807) is 17.0 Å². The molecule has 4 heteroatoms. The first-order valence-corrected chi connectivity index (χ1v) is 5.95. The number of carbonyl (C=O) groups excluding carboxylic acids is 1. The van der Waals surface area contributed by atoms with Gasteiger partial charge in [-0.3, -0.25) is 4.79 Å². The highest BCUT2D eigenvalue weighted by atomic mass is 16.3. The Morgan fingerprint density at radius 2 is 2.11 bits per heavy atom. The summed E-state index contributed by atoms with van der Waals surface area (Å²) in [5, 5.41) is 11.5. The molecule has 1 atom stereocenters. The zero-order chi connectivity index (χ0) is 12.7. The van der Waals surface area contributed by atoms with Crippen molar-refractivity contribution >= 4 is 22.4 Å². The Labute approximate surface area is 105 Å². The molecule has 18 heavy (non-hydrogen) atoms. The molecule has 2 aromatic rings. The van der Waals surface area contributed by atoms with Crippen LogP contribution < -0.4 is 10.6 Å². The van der Waals surface area contributed by atoms with E-state index in [1.807, 2.05) is 24.3 Å². The molecule has 0 saturated carbocycles. The first-order valence-electron chi connectivity index (χ1n) is 5.95. The molecule has 0 radical (unpaired) electrons. The summed E-state index contributed by atoms with van der Waals surface area (Å²) in [7, 11) is 0. The third-order valence-electron chi connectivity index (χ3n) is 3.38. The van der Waals surface area contributed by atoms with Gasteiger partial charge in [0, 0.05) is 11.9 Å². The zero-order valence-corrected chi connectivity index (χ0v) is 9.84. The van der Waals surface area contributed by atoms with Crippen LogP contribution in [0.3, 0.4) is 0 Å². The van der Waals surface area contributed by atoms with Crippen molar-refractivity contribution in [2.75, 3.05) is 11.4 Å². The van der Waals surface area contributed by atoms with Crippen LogP contribution in [-0.2, 0) is 4.79 Å². The number of nitrogens with zero attached hydrogens (tertiary/aromatic N) is 1. The van der Waals surface area contributed by atoms with Crippen LogP contribution in [0.15, 0.2) is 36.4 Å². The number of phenolic OH excluding ortho intramolecular Hbond substituents is 1. The van der Waals surface area contributed by atoms with Crippen LogP contribution in [0.2, 0.25) is 0 Å². The summed E-state index contributed by atoms with van der Waals surface area (Å²) in [5.41, 5.74) is 6.56.